The summed E-state index contributed by atoms with van der Waals surface area (Å²) in [6, 6.07) is 7.47. The second-order valence-electron chi connectivity index (χ2n) is 8.16. The number of anilines is 1. The number of allylic oxidation sites excluding steroid dienone is 2. The lowest BCUT2D eigenvalue weighted by molar-refractivity contribution is -0.140. The molecule has 1 N–H and O–H groups in total. The number of thiazole rings is 1. The summed E-state index contributed by atoms with van der Waals surface area (Å²) >= 11 is 7.38. The van der Waals surface area contributed by atoms with Crippen LogP contribution in [-0.2, 0) is 6.18 Å². The lowest BCUT2D eigenvalue weighted by Crippen LogP contribution is -2.39. The third-order valence-corrected chi connectivity index (χ3v) is 7.32. The SMILES string of the molecule is COc1ccc(C2C3=C(CCN2c2nc(C(F)(F)F)cs2)C2=CC(Cl)=CC(C)C2N3)cc1. The quantitative estimate of drug-likeness (QED) is 0.581. The fraction of sp³-hybridized carbons (Fsp3) is 0.348. The van der Waals surface area contributed by atoms with Crippen molar-refractivity contribution in [3.63, 3.8) is 0 Å². The average Bonchev–Trinajstić information content (AvgIpc) is 3.39. The zero-order valence-electron chi connectivity index (χ0n) is 17.4. The van der Waals surface area contributed by atoms with Crippen molar-refractivity contribution in [3.8, 4) is 5.75 Å². The van der Waals surface area contributed by atoms with E-state index in [-0.39, 0.29) is 18.0 Å². The topological polar surface area (TPSA) is 37.4 Å². The monoisotopic (exact) mass is 479 g/mol. The molecule has 32 heavy (non-hydrogen) atoms. The molecule has 0 bridgehead atoms. The molecule has 0 saturated carbocycles. The molecular formula is C23H21ClF3N3OS. The number of aromatic nitrogens is 1. The van der Waals surface area contributed by atoms with Crippen LogP contribution in [0.25, 0.3) is 0 Å². The number of ether oxygens (including phenoxy) is 1. The number of benzene rings is 1. The molecule has 2 aromatic rings. The lowest BCUT2D eigenvalue weighted by atomic mass is 9.85. The van der Waals surface area contributed by atoms with Gasteiger partial charge in [0, 0.05) is 28.6 Å². The van der Waals surface area contributed by atoms with Crippen molar-refractivity contribution in [2.45, 2.75) is 31.6 Å². The van der Waals surface area contributed by atoms with Gasteiger partial charge >= 0.3 is 6.18 Å². The smallest absolute Gasteiger partial charge is 0.434 e. The Balaban J connectivity index is 1.60. The Labute approximate surface area is 193 Å². The molecule has 0 spiro atoms. The zero-order chi connectivity index (χ0) is 22.6. The number of fused-ring (bicyclic) bond motifs is 2. The number of hydrogen-bond donors (Lipinski definition) is 1. The van der Waals surface area contributed by atoms with E-state index in [1.165, 1.54) is 11.1 Å². The fourth-order valence-electron chi connectivity index (χ4n) is 4.72. The van der Waals surface area contributed by atoms with Crippen LogP contribution in [0.5, 0.6) is 5.75 Å². The van der Waals surface area contributed by atoms with Gasteiger partial charge in [0.15, 0.2) is 10.8 Å². The Hall–Kier alpha value is -2.45. The van der Waals surface area contributed by atoms with Crippen molar-refractivity contribution >= 4 is 28.1 Å². The van der Waals surface area contributed by atoms with Gasteiger partial charge in [-0.2, -0.15) is 13.2 Å². The van der Waals surface area contributed by atoms with Crippen molar-refractivity contribution < 1.29 is 17.9 Å². The Morgan fingerprint density at radius 1 is 1.25 bits per heavy atom. The average molecular weight is 480 g/mol. The molecule has 1 aromatic heterocycles. The van der Waals surface area contributed by atoms with E-state index in [1.54, 1.807) is 7.11 Å². The molecule has 168 valence electrons. The number of nitrogens with one attached hydrogen (secondary N) is 1. The predicted octanol–water partition coefficient (Wildman–Crippen LogP) is 6.05. The molecule has 3 aliphatic rings. The fourth-order valence-corrected chi connectivity index (χ4v) is 5.92. The summed E-state index contributed by atoms with van der Waals surface area (Å²) in [5.41, 5.74) is 3.48. The second-order valence-corrected chi connectivity index (χ2v) is 9.43. The van der Waals surface area contributed by atoms with E-state index >= 15 is 0 Å². The molecule has 5 rings (SSSR count). The van der Waals surface area contributed by atoms with Crippen molar-refractivity contribution in [3.05, 3.63) is 74.9 Å². The number of nitrogens with zero attached hydrogens (tertiary/aromatic N) is 2. The van der Waals surface area contributed by atoms with Crippen LogP contribution < -0.4 is 15.0 Å². The van der Waals surface area contributed by atoms with E-state index in [0.29, 0.717) is 18.1 Å². The predicted molar refractivity (Wildman–Crippen MR) is 120 cm³/mol. The molecule has 9 heteroatoms. The first kappa shape index (κ1) is 21.4. The first-order valence-corrected chi connectivity index (χ1v) is 11.5. The molecule has 0 fully saturated rings. The van der Waals surface area contributed by atoms with Crippen LogP contribution in [-0.4, -0.2) is 24.7 Å². The summed E-state index contributed by atoms with van der Waals surface area (Å²) in [5, 5.41) is 5.83. The van der Waals surface area contributed by atoms with E-state index in [1.807, 2.05) is 41.3 Å². The zero-order valence-corrected chi connectivity index (χ0v) is 19.0. The highest BCUT2D eigenvalue weighted by Crippen LogP contribution is 2.48. The Morgan fingerprint density at radius 3 is 2.66 bits per heavy atom. The highest BCUT2D eigenvalue weighted by Gasteiger charge is 2.43. The third-order valence-electron chi connectivity index (χ3n) is 6.21. The minimum Gasteiger partial charge on any atom is -0.497 e. The highest BCUT2D eigenvalue weighted by molar-refractivity contribution is 7.13. The number of alkyl halides is 3. The van der Waals surface area contributed by atoms with Crippen molar-refractivity contribution in [1.29, 1.82) is 0 Å². The largest absolute Gasteiger partial charge is 0.497 e. The van der Waals surface area contributed by atoms with Gasteiger partial charge in [-0.1, -0.05) is 36.7 Å². The molecule has 4 nitrogen and oxygen atoms in total. The van der Waals surface area contributed by atoms with Crippen molar-refractivity contribution in [2.24, 2.45) is 5.92 Å². The molecule has 2 aliphatic heterocycles. The molecule has 0 amide bonds. The molecule has 3 heterocycles. The molecule has 1 aliphatic carbocycles. The Bertz CT molecular complexity index is 1140. The van der Waals surface area contributed by atoms with Crippen LogP contribution in [0.3, 0.4) is 0 Å². The minimum atomic E-state index is -4.46. The lowest BCUT2D eigenvalue weighted by Gasteiger charge is -2.37. The van der Waals surface area contributed by atoms with Crippen LogP contribution in [0, 0.1) is 5.92 Å². The van der Waals surface area contributed by atoms with E-state index in [0.717, 1.165) is 38.8 Å². The van der Waals surface area contributed by atoms with Gasteiger partial charge in [-0.05, 0) is 41.3 Å². The van der Waals surface area contributed by atoms with Gasteiger partial charge in [0.1, 0.15) is 5.75 Å². The molecule has 0 radical (unpaired) electrons. The number of halogens is 4. The number of hydrogen-bond acceptors (Lipinski definition) is 5. The van der Waals surface area contributed by atoms with Gasteiger partial charge < -0.3 is 15.0 Å². The van der Waals surface area contributed by atoms with Crippen LogP contribution >= 0.6 is 22.9 Å². The van der Waals surface area contributed by atoms with E-state index in [4.69, 9.17) is 16.3 Å². The summed E-state index contributed by atoms with van der Waals surface area (Å²) in [6.45, 7) is 2.67. The maximum Gasteiger partial charge on any atom is 0.434 e. The van der Waals surface area contributed by atoms with Gasteiger partial charge in [-0.3, -0.25) is 0 Å². The maximum atomic E-state index is 13.2. The van der Waals surface area contributed by atoms with Gasteiger partial charge in [0.05, 0.1) is 19.2 Å². The van der Waals surface area contributed by atoms with Gasteiger partial charge in [0.2, 0.25) is 0 Å². The maximum absolute atomic E-state index is 13.2. The standard InChI is InChI=1S/C23H21ClF3N3OS/c1-12-9-14(24)10-17-16-7-8-30(22-28-18(11-32-22)23(25,26)27)21(20(16)29-19(12)17)13-3-5-15(31-2)6-4-13/h3-6,9-12,19,21,29H,7-8H2,1-2H3. The highest BCUT2D eigenvalue weighted by atomic mass is 35.5. The third kappa shape index (κ3) is 3.59. The molecule has 3 atom stereocenters. The summed E-state index contributed by atoms with van der Waals surface area (Å²) in [4.78, 5) is 5.91. The summed E-state index contributed by atoms with van der Waals surface area (Å²) in [6.07, 6.45) is 0.272. The Kier molecular flexibility index (Phi) is 5.25. The van der Waals surface area contributed by atoms with Crippen molar-refractivity contribution in [1.82, 2.24) is 10.3 Å². The minimum absolute atomic E-state index is 0.102. The van der Waals surface area contributed by atoms with Crippen LogP contribution in [0.4, 0.5) is 18.3 Å². The van der Waals surface area contributed by atoms with Gasteiger partial charge in [-0.25, -0.2) is 4.98 Å². The van der Waals surface area contributed by atoms with E-state index < -0.39 is 11.9 Å². The summed E-state index contributed by atoms with van der Waals surface area (Å²) < 4.78 is 45.0. The molecule has 1 aromatic carbocycles. The van der Waals surface area contributed by atoms with Gasteiger partial charge in [-0.15, -0.1) is 11.3 Å². The molecule has 3 unspecified atom stereocenters. The molecule has 0 saturated heterocycles. The Morgan fingerprint density at radius 2 is 2.00 bits per heavy atom. The first-order chi connectivity index (χ1) is 15.3. The molecular weight excluding hydrogens is 459 g/mol. The normalized spacial score (nSPS) is 25.1. The first-order valence-electron chi connectivity index (χ1n) is 10.3. The summed E-state index contributed by atoms with van der Waals surface area (Å²) in [5.74, 6) is 0.925. The van der Waals surface area contributed by atoms with E-state index in [2.05, 4.69) is 17.2 Å². The number of rotatable bonds is 3. The number of methoxy groups -OCH3 is 1. The van der Waals surface area contributed by atoms with Crippen LogP contribution in [0.15, 0.2) is 63.7 Å². The summed E-state index contributed by atoms with van der Waals surface area (Å²) in [7, 11) is 1.60. The van der Waals surface area contributed by atoms with Crippen molar-refractivity contribution in [2.75, 3.05) is 18.6 Å². The van der Waals surface area contributed by atoms with Crippen LogP contribution in [0.2, 0.25) is 0 Å². The van der Waals surface area contributed by atoms with Crippen LogP contribution in [0.1, 0.15) is 30.6 Å². The van der Waals surface area contributed by atoms with Gasteiger partial charge in [0.25, 0.3) is 0 Å². The van der Waals surface area contributed by atoms with E-state index in [9.17, 15) is 13.2 Å². The second kappa shape index (κ2) is 7.85.